The molecule has 16 heavy (non-hydrogen) atoms. The zero-order valence-corrected chi connectivity index (χ0v) is 11.3. The van der Waals surface area contributed by atoms with E-state index < -0.39 is 10.0 Å². The van der Waals surface area contributed by atoms with Crippen LogP contribution in [0, 0.1) is 5.92 Å². The third-order valence-corrected chi connectivity index (χ3v) is 5.43. The molecule has 2 N–H and O–H groups in total. The van der Waals surface area contributed by atoms with Gasteiger partial charge in [-0.05, 0) is 40.9 Å². The van der Waals surface area contributed by atoms with E-state index in [0.29, 0.717) is 0 Å². The fourth-order valence-corrected chi connectivity index (χ4v) is 3.91. The summed E-state index contributed by atoms with van der Waals surface area (Å²) >= 11 is 4.26. The number of sulfonamides is 1. The van der Waals surface area contributed by atoms with Gasteiger partial charge in [0.1, 0.15) is 4.21 Å². The Labute approximate surface area is 105 Å². The van der Waals surface area contributed by atoms with Crippen LogP contribution in [0.15, 0.2) is 20.1 Å². The highest BCUT2D eigenvalue weighted by atomic mass is 79.9. The third-order valence-electron chi connectivity index (χ3n) is 2.07. The van der Waals surface area contributed by atoms with Gasteiger partial charge in [-0.1, -0.05) is 0 Å². The summed E-state index contributed by atoms with van der Waals surface area (Å²) in [4.78, 5) is 13.3. The van der Waals surface area contributed by atoms with E-state index in [1.54, 1.807) is 6.07 Å². The standard InChI is InChI=1S/C8H9BrN2O3S2/c9-6-3-4-7(15-6)16(13,14)11-10-8(12)5-1-2-5/h3-5,11H,1-2H2,(H,10,12). The van der Waals surface area contributed by atoms with E-state index >= 15 is 0 Å². The van der Waals surface area contributed by atoms with E-state index in [1.807, 2.05) is 0 Å². The molecule has 1 heterocycles. The Kier molecular flexibility index (Phi) is 3.34. The molecule has 1 aliphatic rings. The predicted octanol–water partition coefficient (Wildman–Crippen LogP) is 1.23. The van der Waals surface area contributed by atoms with E-state index in [2.05, 4.69) is 26.2 Å². The Bertz CT molecular complexity index is 507. The van der Waals surface area contributed by atoms with Crippen LogP contribution in [0.5, 0.6) is 0 Å². The quantitative estimate of drug-likeness (QED) is 0.818. The summed E-state index contributed by atoms with van der Waals surface area (Å²) in [5.41, 5.74) is 2.21. The number of nitrogens with one attached hydrogen (secondary N) is 2. The van der Waals surface area contributed by atoms with Gasteiger partial charge in [0.15, 0.2) is 0 Å². The van der Waals surface area contributed by atoms with E-state index in [0.717, 1.165) is 28.0 Å². The molecule has 5 nitrogen and oxygen atoms in total. The Morgan fingerprint density at radius 1 is 1.44 bits per heavy atom. The second-order valence-electron chi connectivity index (χ2n) is 3.43. The number of hydrogen-bond acceptors (Lipinski definition) is 4. The number of rotatable bonds is 4. The molecular weight excluding hydrogens is 316 g/mol. The summed E-state index contributed by atoms with van der Waals surface area (Å²) in [7, 11) is -3.63. The summed E-state index contributed by atoms with van der Waals surface area (Å²) < 4.78 is 24.2. The van der Waals surface area contributed by atoms with Crippen LogP contribution in [0.4, 0.5) is 0 Å². The van der Waals surface area contributed by atoms with Gasteiger partial charge >= 0.3 is 0 Å². The lowest BCUT2D eigenvalue weighted by Gasteiger charge is -2.05. The van der Waals surface area contributed by atoms with Crippen molar-refractivity contribution in [2.45, 2.75) is 17.1 Å². The monoisotopic (exact) mass is 324 g/mol. The van der Waals surface area contributed by atoms with Crippen molar-refractivity contribution in [2.75, 3.05) is 0 Å². The van der Waals surface area contributed by atoms with E-state index in [1.165, 1.54) is 6.07 Å². The van der Waals surface area contributed by atoms with Gasteiger partial charge in [0.05, 0.1) is 3.79 Å². The molecule has 1 saturated carbocycles. The third kappa shape index (κ3) is 2.82. The number of carbonyl (C=O) groups is 1. The van der Waals surface area contributed by atoms with Gasteiger partial charge in [0.25, 0.3) is 10.0 Å². The lowest BCUT2D eigenvalue weighted by molar-refractivity contribution is -0.122. The second kappa shape index (κ2) is 4.44. The molecular formula is C8H9BrN2O3S2. The summed E-state index contributed by atoms with van der Waals surface area (Å²) in [5.74, 6) is -0.294. The zero-order chi connectivity index (χ0) is 11.8. The first kappa shape index (κ1) is 12.0. The van der Waals surface area contributed by atoms with Crippen LogP contribution in [0.25, 0.3) is 0 Å². The molecule has 0 aromatic carbocycles. The van der Waals surface area contributed by atoms with Gasteiger partial charge in [0, 0.05) is 5.92 Å². The highest BCUT2D eigenvalue weighted by molar-refractivity contribution is 9.11. The fraction of sp³-hybridized carbons (Fsp3) is 0.375. The summed E-state index contributed by atoms with van der Waals surface area (Å²) in [6, 6.07) is 3.11. The van der Waals surface area contributed by atoms with Crippen LogP contribution >= 0.6 is 27.3 Å². The second-order valence-corrected chi connectivity index (χ2v) is 7.80. The highest BCUT2D eigenvalue weighted by Crippen LogP contribution is 2.29. The molecule has 88 valence electrons. The smallest absolute Gasteiger partial charge is 0.266 e. The van der Waals surface area contributed by atoms with Gasteiger partial charge in [-0.2, -0.15) is 0 Å². The maximum Gasteiger partial charge on any atom is 0.266 e. The largest absolute Gasteiger partial charge is 0.277 e. The number of halogens is 1. The number of carbonyl (C=O) groups excluding carboxylic acids is 1. The SMILES string of the molecule is O=C(NNS(=O)(=O)c1ccc(Br)s1)C1CC1. The van der Waals surface area contributed by atoms with E-state index in [9.17, 15) is 13.2 Å². The maximum absolute atomic E-state index is 11.7. The first-order chi connectivity index (χ1) is 7.49. The molecule has 0 spiro atoms. The minimum absolute atomic E-state index is 0.0298. The molecule has 0 bridgehead atoms. The minimum atomic E-state index is -3.63. The molecule has 1 aromatic heterocycles. The first-order valence-corrected chi connectivity index (χ1v) is 7.65. The average Bonchev–Trinajstić information content (AvgIpc) is 2.98. The number of hydrazine groups is 1. The molecule has 0 aliphatic heterocycles. The maximum atomic E-state index is 11.7. The van der Waals surface area contributed by atoms with E-state index in [-0.39, 0.29) is 16.0 Å². The van der Waals surface area contributed by atoms with Crippen LogP contribution in [0.2, 0.25) is 0 Å². The van der Waals surface area contributed by atoms with Crippen LogP contribution in [0.1, 0.15) is 12.8 Å². The van der Waals surface area contributed by atoms with Crippen molar-refractivity contribution in [1.29, 1.82) is 0 Å². The Balaban J connectivity index is 1.99. The van der Waals surface area contributed by atoms with Crippen molar-refractivity contribution in [2.24, 2.45) is 5.92 Å². The molecule has 0 radical (unpaired) electrons. The van der Waals surface area contributed by atoms with Gasteiger partial charge in [0.2, 0.25) is 5.91 Å². The summed E-state index contributed by atoms with van der Waals surface area (Å²) in [6.07, 6.45) is 1.66. The molecule has 0 saturated heterocycles. The molecule has 2 rings (SSSR count). The number of thiophene rings is 1. The van der Waals surface area contributed by atoms with Gasteiger partial charge in [-0.3, -0.25) is 10.2 Å². The molecule has 1 aliphatic carbocycles. The van der Waals surface area contributed by atoms with Crippen molar-refractivity contribution < 1.29 is 13.2 Å². The molecule has 1 amide bonds. The Morgan fingerprint density at radius 2 is 2.12 bits per heavy atom. The summed E-state index contributed by atoms with van der Waals surface area (Å²) in [5, 5.41) is 0. The van der Waals surface area contributed by atoms with Crippen LogP contribution in [-0.2, 0) is 14.8 Å². The zero-order valence-electron chi connectivity index (χ0n) is 8.07. The lowest BCUT2D eigenvalue weighted by Crippen LogP contribution is -2.42. The topological polar surface area (TPSA) is 75.3 Å². The molecule has 8 heteroatoms. The van der Waals surface area contributed by atoms with Gasteiger partial charge < -0.3 is 0 Å². The number of hydrogen-bond donors (Lipinski definition) is 2. The molecule has 1 aromatic rings. The predicted molar refractivity (Wildman–Crippen MR) is 63.2 cm³/mol. The summed E-state index contributed by atoms with van der Waals surface area (Å²) in [6.45, 7) is 0. The number of amides is 1. The minimum Gasteiger partial charge on any atom is -0.277 e. The van der Waals surface area contributed by atoms with Gasteiger partial charge in [-0.25, -0.2) is 8.42 Å². The van der Waals surface area contributed by atoms with E-state index in [4.69, 9.17) is 0 Å². The first-order valence-electron chi connectivity index (χ1n) is 4.56. The normalized spacial score (nSPS) is 16.1. The fourth-order valence-electron chi connectivity index (χ4n) is 1.06. The Hall–Kier alpha value is -0.440. The van der Waals surface area contributed by atoms with Crippen LogP contribution in [0.3, 0.4) is 0 Å². The van der Waals surface area contributed by atoms with Crippen molar-refractivity contribution in [3.05, 3.63) is 15.9 Å². The van der Waals surface area contributed by atoms with Crippen molar-refractivity contribution in [1.82, 2.24) is 10.3 Å². The van der Waals surface area contributed by atoms with Gasteiger partial charge in [-0.15, -0.1) is 16.2 Å². The molecule has 1 fully saturated rings. The molecule has 0 atom stereocenters. The van der Waals surface area contributed by atoms with Crippen molar-refractivity contribution >= 4 is 43.2 Å². The van der Waals surface area contributed by atoms with Crippen LogP contribution < -0.4 is 10.3 Å². The van der Waals surface area contributed by atoms with Crippen molar-refractivity contribution in [3.63, 3.8) is 0 Å². The average molecular weight is 325 g/mol. The molecule has 0 unspecified atom stereocenters. The Morgan fingerprint density at radius 3 is 2.62 bits per heavy atom. The van der Waals surface area contributed by atoms with Crippen LogP contribution in [-0.4, -0.2) is 14.3 Å². The van der Waals surface area contributed by atoms with Crippen molar-refractivity contribution in [3.8, 4) is 0 Å². The highest BCUT2D eigenvalue weighted by Gasteiger charge is 2.30. The lowest BCUT2D eigenvalue weighted by atomic mass is 10.4.